The number of morpholine rings is 1. The molecule has 2 aromatic carbocycles. The van der Waals surface area contributed by atoms with Gasteiger partial charge in [0, 0.05) is 54.3 Å². The van der Waals surface area contributed by atoms with Crippen LogP contribution in [-0.4, -0.2) is 65.4 Å². The van der Waals surface area contributed by atoms with E-state index in [-0.39, 0.29) is 17.9 Å². The minimum atomic E-state index is 0.0887. The molecule has 2 amide bonds. The van der Waals surface area contributed by atoms with Gasteiger partial charge in [0.2, 0.25) is 0 Å². The Balaban J connectivity index is 1.43. The number of likely N-dealkylation sites (tertiary alicyclic amines) is 1. The fourth-order valence-electron chi connectivity index (χ4n) is 5.08. The number of H-pyrrole nitrogens is 1. The Kier molecular flexibility index (Phi) is 7.32. The molecule has 3 aromatic rings. The molecule has 2 aliphatic rings. The van der Waals surface area contributed by atoms with Crippen LogP contribution in [0.25, 0.3) is 11.3 Å². The second-order valence-electron chi connectivity index (χ2n) is 9.34. The normalized spacial score (nSPS) is 20.8. The number of carbonyl (C=O) groups is 1. The second kappa shape index (κ2) is 10.6. The molecule has 0 aliphatic carbocycles. The largest absolute Gasteiger partial charge is 0.378 e. The van der Waals surface area contributed by atoms with E-state index < -0.39 is 0 Å². The van der Waals surface area contributed by atoms with Gasteiger partial charge < -0.3 is 14.5 Å². The lowest BCUT2D eigenvalue weighted by Crippen LogP contribution is -2.52. The molecule has 0 saturated carbocycles. The van der Waals surface area contributed by atoms with Crippen molar-refractivity contribution in [2.75, 3.05) is 39.4 Å². The molecular weight excluding hydrogens is 483 g/mol. The van der Waals surface area contributed by atoms with Crippen LogP contribution in [0.1, 0.15) is 42.0 Å². The smallest absolute Gasteiger partial charge is 0.320 e. The predicted molar refractivity (Wildman–Crippen MR) is 139 cm³/mol. The Bertz CT molecular complexity index is 1170. The summed E-state index contributed by atoms with van der Waals surface area (Å²) in [6, 6.07) is 16.3. The summed E-state index contributed by atoms with van der Waals surface area (Å²) in [5, 5.41) is 8.99. The van der Waals surface area contributed by atoms with Crippen molar-refractivity contribution in [3.05, 3.63) is 75.4 Å². The number of nitrogens with zero attached hydrogens (tertiary/aromatic N) is 3. The van der Waals surface area contributed by atoms with E-state index in [1.165, 1.54) is 11.1 Å². The first kappa shape index (κ1) is 24.2. The van der Waals surface area contributed by atoms with Gasteiger partial charge in [0.1, 0.15) is 0 Å². The highest BCUT2D eigenvalue weighted by Gasteiger charge is 2.35. The number of aryl methyl sites for hydroxylation is 1. The minimum Gasteiger partial charge on any atom is -0.378 e. The van der Waals surface area contributed by atoms with E-state index in [4.69, 9.17) is 27.9 Å². The fraction of sp³-hybridized carbons (Fsp3) is 0.407. The number of piperidine rings is 1. The number of rotatable bonds is 4. The highest BCUT2D eigenvalue weighted by molar-refractivity contribution is 6.35. The first-order chi connectivity index (χ1) is 17.0. The topological polar surface area (TPSA) is 61.5 Å². The molecule has 0 bridgehead atoms. The molecule has 2 atom stereocenters. The summed E-state index contributed by atoms with van der Waals surface area (Å²) < 4.78 is 5.46. The van der Waals surface area contributed by atoms with Gasteiger partial charge in [0.15, 0.2) is 0 Å². The summed E-state index contributed by atoms with van der Waals surface area (Å²) in [5.74, 6) is 0.370. The summed E-state index contributed by atoms with van der Waals surface area (Å²) in [5.41, 5.74) is 5.15. The summed E-state index contributed by atoms with van der Waals surface area (Å²) >= 11 is 12.6. The van der Waals surface area contributed by atoms with Crippen LogP contribution in [0.3, 0.4) is 0 Å². The third-order valence-electron chi connectivity index (χ3n) is 7.10. The molecule has 8 heteroatoms. The molecule has 2 saturated heterocycles. The molecule has 2 aliphatic heterocycles. The number of carbonyl (C=O) groups excluding carboxylic acids is 1. The standard InChI is InChI=1S/C27H30Cl2N4O2/c1-2-18-3-5-19(6-4-18)20-13-21(17-33(16-20)27(34)32-9-11-35-12-10-32)25-15-26(31-30-25)23-14-22(28)7-8-24(23)29/h3-8,14-15,20-21H,2,9-13,16-17H2,1H3,(H,30,31). The first-order valence-electron chi connectivity index (χ1n) is 12.2. The van der Waals surface area contributed by atoms with E-state index in [1.54, 1.807) is 12.1 Å². The molecule has 3 heterocycles. The van der Waals surface area contributed by atoms with E-state index in [2.05, 4.69) is 41.4 Å². The maximum Gasteiger partial charge on any atom is 0.320 e. The third kappa shape index (κ3) is 5.35. The zero-order valence-corrected chi connectivity index (χ0v) is 21.4. The van der Waals surface area contributed by atoms with Crippen LogP contribution < -0.4 is 0 Å². The number of nitrogens with one attached hydrogen (secondary N) is 1. The van der Waals surface area contributed by atoms with E-state index in [1.807, 2.05) is 21.9 Å². The maximum atomic E-state index is 13.5. The van der Waals surface area contributed by atoms with Crippen molar-refractivity contribution in [3.63, 3.8) is 0 Å². The van der Waals surface area contributed by atoms with Crippen LogP contribution in [0, 0.1) is 0 Å². The molecule has 2 unspecified atom stereocenters. The maximum absolute atomic E-state index is 13.5. The third-order valence-corrected chi connectivity index (χ3v) is 7.67. The minimum absolute atomic E-state index is 0.0887. The second-order valence-corrected chi connectivity index (χ2v) is 10.2. The van der Waals surface area contributed by atoms with Crippen LogP contribution >= 0.6 is 23.2 Å². The lowest BCUT2D eigenvalue weighted by molar-refractivity contribution is 0.0398. The Labute approximate surface area is 216 Å². The zero-order valence-electron chi connectivity index (χ0n) is 19.8. The van der Waals surface area contributed by atoms with Gasteiger partial charge in [-0.3, -0.25) is 5.10 Å². The summed E-state index contributed by atoms with van der Waals surface area (Å²) in [4.78, 5) is 17.4. The lowest BCUT2D eigenvalue weighted by Gasteiger charge is -2.41. The average Bonchev–Trinajstić information content (AvgIpc) is 3.40. The van der Waals surface area contributed by atoms with Crippen molar-refractivity contribution >= 4 is 29.2 Å². The van der Waals surface area contributed by atoms with Gasteiger partial charge in [-0.2, -0.15) is 5.10 Å². The summed E-state index contributed by atoms with van der Waals surface area (Å²) in [6.45, 7) is 5.97. The van der Waals surface area contributed by atoms with Gasteiger partial charge in [-0.1, -0.05) is 54.4 Å². The quantitative estimate of drug-likeness (QED) is 0.468. The molecule has 35 heavy (non-hydrogen) atoms. The van der Waals surface area contributed by atoms with Crippen LogP contribution in [0.4, 0.5) is 4.79 Å². The molecule has 2 fully saturated rings. The molecule has 5 rings (SSSR count). The Morgan fingerprint density at radius 2 is 1.77 bits per heavy atom. The summed E-state index contributed by atoms with van der Waals surface area (Å²) in [6.07, 6.45) is 1.95. The monoisotopic (exact) mass is 512 g/mol. The van der Waals surface area contributed by atoms with Crippen LogP contribution in [0.15, 0.2) is 48.5 Å². The Morgan fingerprint density at radius 3 is 2.51 bits per heavy atom. The van der Waals surface area contributed by atoms with Crippen molar-refractivity contribution in [2.24, 2.45) is 0 Å². The lowest BCUT2D eigenvalue weighted by atomic mass is 9.82. The van der Waals surface area contributed by atoms with Gasteiger partial charge in [0.25, 0.3) is 0 Å². The molecular formula is C27H30Cl2N4O2. The van der Waals surface area contributed by atoms with Crippen molar-refractivity contribution in [3.8, 4) is 11.3 Å². The Morgan fingerprint density at radius 1 is 1.03 bits per heavy atom. The molecule has 0 radical (unpaired) electrons. The van der Waals surface area contributed by atoms with Gasteiger partial charge in [-0.25, -0.2) is 4.79 Å². The molecule has 6 nitrogen and oxygen atoms in total. The van der Waals surface area contributed by atoms with E-state index in [0.717, 1.165) is 29.8 Å². The van der Waals surface area contributed by atoms with Gasteiger partial charge in [-0.15, -0.1) is 0 Å². The Hall–Kier alpha value is -2.54. The number of aromatic nitrogens is 2. The number of hydrogen-bond donors (Lipinski definition) is 1. The predicted octanol–water partition coefficient (Wildman–Crippen LogP) is 5.97. The van der Waals surface area contributed by atoms with Crippen LogP contribution in [0.5, 0.6) is 0 Å². The van der Waals surface area contributed by atoms with E-state index in [9.17, 15) is 4.79 Å². The number of benzene rings is 2. The number of urea groups is 1. The number of amides is 2. The van der Waals surface area contributed by atoms with Crippen molar-refractivity contribution < 1.29 is 9.53 Å². The van der Waals surface area contributed by atoms with Crippen molar-refractivity contribution in [1.29, 1.82) is 0 Å². The average molecular weight is 513 g/mol. The van der Waals surface area contributed by atoms with Gasteiger partial charge >= 0.3 is 6.03 Å². The number of hydrogen-bond acceptors (Lipinski definition) is 3. The first-order valence-corrected chi connectivity index (χ1v) is 13.0. The number of aromatic amines is 1. The molecule has 1 aromatic heterocycles. The number of halogens is 2. The van der Waals surface area contributed by atoms with E-state index >= 15 is 0 Å². The highest BCUT2D eigenvalue weighted by Crippen LogP contribution is 2.38. The number of ether oxygens (including phenoxy) is 1. The zero-order chi connectivity index (χ0) is 24.4. The SMILES string of the molecule is CCc1ccc(C2CC(c3cc(-c4cc(Cl)ccc4Cl)n[nH]3)CN(C(=O)N3CCOCC3)C2)cc1. The van der Waals surface area contributed by atoms with Gasteiger partial charge in [0.05, 0.1) is 23.9 Å². The van der Waals surface area contributed by atoms with Crippen molar-refractivity contribution in [1.82, 2.24) is 20.0 Å². The summed E-state index contributed by atoms with van der Waals surface area (Å²) in [7, 11) is 0. The van der Waals surface area contributed by atoms with Crippen LogP contribution in [-0.2, 0) is 11.2 Å². The van der Waals surface area contributed by atoms with E-state index in [0.29, 0.717) is 49.4 Å². The molecule has 0 spiro atoms. The molecule has 184 valence electrons. The van der Waals surface area contributed by atoms with Crippen molar-refractivity contribution in [2.45, 2.75) is 31.6 Å². The molecule has 1 N–H and O–H groups in total. The van der Waals surface area contributed by atoms with Gasteiger partial charge in [-0.05, 0) is 48.2 Å². The van der Waals surface area contributed by atoms with Crippen LogP contribution in [0.2, 0.25) is 10.0 Å². The fourth-order valence-corrected chi connectivity index (χ4v) is 5.47. The highest BCUT2D eigenvalue weighted by atomic mass is 35.5.